The molecule has 0 N–H and O–H groups in total. The molecular weight excluding hydrogens is 314 g/mol. The number of benzene rings is 1. The van der Waals surface area contributed by atoms with E-state index in [1.54, 1.807) is 25.1 Å². The standard InChI is InChI=1S/C11H11Cl2FN2O2S/c1-3-18-10(15-19-16(2)11(14)17)9-7(12)5-4-6-8(9)13/h4-6H,3H2,1-2H3. The second kappa shape index (κ2) is 7.57. The highest BCUT2D eigenvalue weighted by molar-refractivity contribution is 7.96. The van der Waals surface area contributed by atoms with Crippen LogP contribution in [0.2, 0.25) is 10.0 Å². The summed E-state index contributed by atoms with van der Waals surface area (Å²) in [5.41, 5.74) is 0.403. The van der Waals surface area contributed by atoms with Crippen LogP contribution in [0.4, 0.5) is 9.18 Å². The van der Waals surface area contributed by atoms with Crippen LogP contribution in [0.5, 0.6) is 0 Å². The minimum atomic E-state index is -1.62. The molecule has 0 heterocycles. The Bertz CT molecular complexity index is 479. The number of hydrogen-bond acceptors (Lipinski definition) is 4. The first-order valence-corrected chi connectivity index (χ1v) is 6.71. The van der Waals surface area contributed by atoms with Gasteiger partial charge >= 0.3 is 6.16 Å². The van der Waals surface area contributed by atoms with Crippen LogP contribution in [0.3, 0.4) is 0 Å². The third-order valence-corrected chi connectivity index (χ3v) is 3.22. The van der Waals surface area contributed by atoms with Crippen molar-refractivity contribution in [2.24, 2.45) is 4.40 Å². The number of carbonyl (C=O) groups excluding carboxylic acids is 1. The van der Waals surface area contributed by atoms with E-state index >= 15 is 0 Å². The molecule has 104 valence electrons. The van der Waals surface area contributed by atoms with Crippen LogP contribution in [0.25, 0.3) is 0 Å². The largest absolute Gasteiger partial charge is 0.477 e. The summed E-state index contributed by atoms with van der Waals surface area (Å²) in [6, 6.07) is 4.94. The maximum absolute atomic E-state index is 12.4. The Balaban J connectivity index is 3.06. The Kier molecular flexibility index (Phi) is 6.41. The van der Waals surface area contributed by atoms with Crippen molar-refractivity contribution in [3.8, 4) is 0 Å². The summed E-state index contributed by atoms with van der Waals surface area (Å²) in [5.74, 6) is 0.135. The average Bonchev–Trinajstić information content (AvgIpc) is 2.35. The highest BCUT2D eigenvalue weighted by Crippen LogP contribution is 2.27. The number of carbonyl (C=O) groups is 1. The summed E-state index contributed by atoms with van der Waals surface area (Å²) in [4.78, 5) is 10.5. The lowest BCUT2D eigenvalue weighted by Gasteiger charge is -2.12. The number of hydrogen-bond donors (Lipinski definition) is 0. The lowest BCUT2D eigenvalue weighted by molar-refractivity contribution is 0.209. The molecule has 0 unspecified atom stereocenters. The van der Waals surface area contributed by atoms with E-state index in [2.05, 4.69) is 4.40 Å². The maximum Gasteiger partial charge on any atom is 0.411 e. The van der Waals surface area contributed by atoms with E-state index in [-0.39, 0.29) is 5.90 Å². The quantitative estimate of drug-likeness (QED) is 0.271. The van der Waals surface area contributed by atoms with Gasteiger partial charge in [-0.15, -0.1) is 4.39 Å². The summed E-state index contributed by atoms with van der Waals surface area (Å²) >= 11 is 12.7. The molecule has 1 rings (SSSR count). The van der Waals surface area contributed by atoms with E-state index in [4.69, 9.17) is 27.9 Å². The van der Waals surface area contributed by atoms with Crippen molar-refractivity contribution in [2.45, 2.75) is 6.92 Å². The van der Waals surface area contributed by atoms with Crippen LogP contribution < -0.4 is 0 Å². The number of nitrogens with zero attached hydrogens (tertiary/aromatic N) is 2. The molecule has 0 fully saturated rings. The van der Waals surface area contributed by atoms with Crippen molar-refractivity contribution in [1.29, 1.82) is 0 Å². The fourth-order valence-electron chi connectivity index (χ4n) is 1.11. The molecule has 1 aromatic carbocycles. The number of rotatable bonds is 4. The van der Waals surface area contributed by atoms with Crippen molar-refractivity contribution in [3.63, 3.8) is 0 Å². The smallest absolute Gasteiger partial charge is 0.411 e. The Labute approximate surface area is 124 Å². The van der Waals surface area contributed by atoms with Gasteiger partial charge in [-0.1, -0.05) is 29.3 Å². The molecule has 0 atom stereocenters. The molecule has 0 aliphatic heterocycles. The number of halogens is 3. The van der Waals surface area contributed by atoms with E-state index in [1.165, 1.54) is 7.05 Å². The van der Waals surface area contributed by atoms with Crippen LogP contribution in [0.15, 0.2) is 22.6 Å². The number of amides is 1. The molecule has 0 saturated heterocycles. The van der Waals surface area contributed by atoms with Gasteiger partial charge in [0.25, 0.3) is 0 Å². The van der Waals surface area contributed by atoms with Crippen molar-refractivity contribution < 1.29 is 13.9 Å². The van der Waals surface area contributed by atoms with Crippen LogP contribution in [-0.4, -0.2) is 30.0 Å². The van der Waals surface area contributed by atoms with Gasteiger partial charge in [-0.05, 0) is 19.1 Å². The Hall–Kier alpha value is -0.980. The zero-order valence-corrected chi connectivity index (χ0v) is 12.5. The second-order valence-corrected chi connectivity index (χ2v) is 4.97. The van der Waals surface area contributed by atoms with Gasteiger partial charge in [0.1, 0.15) is 12.1 Å². The predicted molar refractivity (Wildman–Crippen MR) is 76.5 cm³/mol. The molecular formula is C11H11Cl2FN2O2S. The third kappa shape index (κ3) is 4.56. The molecule has 1 amide bonds. The van der Waals surface area contributed by atoms with E-state index in [0.717, 1.165) is 0 Å². The van der Waals surface area contributed by atoms with Gasteiger partial charge in [0, 0.05) is 7.05 Å². The minimum absolute atomic E-state index is 0.135. The van der Waals surface area contributed by atoms with Crippen LogP contribution in [0, 0.1) is 0 Å². The van der Waals surface area contributed by atoms with Gasteiger partial charge in [-0.3, -0.25) is 0 Å². The van der Waals surface area contributed by atoms with Gasteiger partial charge in [0.05, 0.1) is 22.2 Å². The van der Waals surface area contributed by atoms with Crippen molar-refractivity contribution in [2.75, 3.05) is 13.7 Å². The molecule has 0 bridgehead atoms. The normalized spacial score (nSPS) is 11.3. The van der Waals surface area contributed by atoms with Crippen molar-refractivity contribution in [1.82, 2.24) is 4.31 Å². The minimum Gasteiger partial charge on any atom is -0.477 e. The summed E-state index contributed by atoms with van der Waals surface area (Å²) in [7, 11) is 1.24. The third-order valence-electron chi connectivity index (χ3n) is 1.95. The first-order chi connectivity index (χ1) is 8.97. The molecule has 1 aromatic rings. The number of ether oxygens (including phenoxy) is 1. The first-order valence-electron chi connectivity index (χ1n) is 5.22. The van der Waals surface area contributed by atoms with E-state index < -0.39 is 6.16 Å². The lowest BCUT2D eigenvalue weighted by Crippen LogP contribution is -2.13. The highest BCUT2D eigenvalue weighted by atomic mass is 35.5. The summed E-state index contributed by atoms with van der Waals surface area (Å²) in [5, 5.41) is 0.712. The predicted octanol–water partition coefficient (Wildman–Crippen LogP) is 4.36. The monoisotopic (exact) mass is 324 g/mol. The second-order valence-electron chi connectivity index (χ2n) is 3.26. The molecule has 8 heteroatoms. The molecule has 0 radical (unpaired) electrons. The Morgan fingerprint density at radius 2 is 2.05 bits per heavy atom. The van der Waals surface area contributed by atoms with E-state index in [1.807, 2.05) is 0 Å². The Morgan fingerprint density at radius 3 is 2.53 bits per heavy atom. The molecule has 4 nitrogen and oxygen atoms in total. The Morgan fingerprint density at radius 1 is 1.47 bits per heavy atom. The molecule has 0 saturated carbocycles. The van der Waals surface area contributed by atoms with Gasteiger partial charge in [-0.2, -0.15) is 4.40 Å². The summed E-state index contributed by atoms with van der Waals surface area (Å²) in [6.07, 6.45) is -1.62. The van der Waals surface area contributed by atoms with E-state index in [9.17, 15) is 9.18 Å². The average molecular weight is 325 g/mol. The zero-order chi connectivity index (χ0) is 14.4. The first kappa shape index (κ1) is 16.1. The summed E-state index contributed by atoms with van der Waals surface area (Å²) in [6.45, 7) is 2.09. The fourth-order valence-corrected chi connectivity index (χ4v) is 2.08. The van der Waals surface area contributed by atoms with Crippen molar-refractivity contribution >= 4 is 47.4 Å². The van der Waals surface area contributed by atoms with Crippen LogP contribution in [0.1, 0.15) is 12.5 Å². The van der Waals surface area contributed by atoms with Gasteiger partial charge in [-0.25, -0.2) is 9.10 Å². The molecule has 0 aromatic heterocycles. The van der Waals surface area contributed by atoms with Crippen molar-refractivity contribution in [3.05, 3.63) is 33.8 Å². The topological polar surface area (TPSA) is 41.9 Å². The zero-order valence-electron chi connectivity index (χ0n) is 10.2. The fraction of sp³-hybridized carbons (Fsp3) is 0.273. The molecule has 0 aliphatic carbocycles. The SMILES string of the molecule is CCOC(=NSN(C)C(=O)F)c1c(Cl)cccc1Cl. The molecule has 19 heavy (non-hydrogen) atoms. The van der Waals surface area contributed by atoms with Gasteiger partial charge < -0.3 is 4.74 Å². The van der Waals surface area contributed by atoms with Gasteiger partial charge in [0.15, 0.2) is 0 Å². The lowest BCUT2D eigenvalue weighted by atomic mass is 10.2. The maximum atomic E-state index is 12.4. The highest BCUT2D eigenvalue weighted by Gasteiger charge is 2.15. The molecule has 0 spiro atoms. The summed E-state index contributed by atoms with van der Waals surface area (Å²) < 4.78 is 22.4. The molecule has 0 aliphatic rings. The van der Waals surface area contributed by atoms with E-state index in [0.29, 0.717) is 38.7 Å². The van der Waals surface area contributed by atoms with Gasteiger partial charge in [0.2, 0.25) is 5.90 Å². The van der Waals surface area contributed by atoms with Crippen LogP contribution >= 0.6 is 35.3 Å². The van der Waals surface area contributed by atoms with Crippen LogP contribution in [-0.2, 0) is 4.74 Å².